The van der Waals surface area contributed by atoms with Crippen LogP contribution < -0.4 is 10.5 Å². The lowest BCUT2D eigenvalue weighted by atomic mass is 9.97. The van der Waals surface area contributed by atoms with Crippen molar-refractivity contribution in [2.45, 2.75) is 30.2 Å². The van der Waals surface area contributed by atoms with Gasteiger partial charge in [0.25, 0.3) is 0 Å². The van der Waals surface area contributed by atoms with E-state index in [1.54, 1.807) is 42.5 Å². The summed E-state index contributed by atoms with van der Waals surface area (Å²) in [4.78, 5) is 15.5. The van der Waals surface area contributed by atoms with Gasteiger partial charge in [-0.1, -0.05) is 6.07 Å². The molecule has 3 N–H and O–H groups in total. The van der Waals surface area contributed by atoms with Gasteiger partial charge in [-0.3, -0.25) is 4.68 Å². The molecular formula is C20H24N8O2S. The standard InChI is InChI=1S/C20H24N8O2S/c1-13-3-4-14(31(29,30)26-20-5-7-28(11-20)8-6-20)9-15(13)16-10-22-18(21)17(24-16)19-23-12-27(2)25-19/h3-4,9-10,12,26H,5-8,11H2,1-2H3,(H2,21,22). The Morgan fingerprint density at radius 1 is 1.19 bits per heavy atom. The van der Waals surface area contributed by atoms with Crippen LogP contribution in [0.3, 0.4) is 0 Å². The number of piperidine rings is 1. The van der Waals surface area contributed by atoms with E-state index in [4.69, 9.17) is 5.73 Å². The number of nitrogens with one attached hydrogen (secondary N) is 1. The zero-order chi connectivity index (χ0) is 21.8. The Morgan fingerprint density at radius 2 is 1.97 bits per heavy atom. The number of hydrogen-bond donors (Lipinski definition) is 2. The number of benzene rings is 1. The molecule has 0 saturated carbocycles. The van der Waals surface area contributed by atoms with Crippen molar-refractivity contribution < 1.29 is 8.42 Å². The van der Waals surface area contributed by atoms with Crippen molar-refractivity contribution in [1.82, 2.24) is 34.4 Å². The Bertz CT molecular complexity index is 1260. The third-order valence-corrected chi connectivity index (χ3v) is 7.67. The molecule has 0 unspecified atom stereocenters. The maximum absolute atomic E-state index is 13.2. The molecule has 2 aromatic heterocycles. The maximum Gasteiger partial charge on any atom is 0.241 e. The molecule has 162 valence electrons. The first kappa shape index (κ1) is 20.0. The number of hydrogen-bond acceptors (Lipinski definition) is 8. The molecule has 5 rings (SSSR count). The van der Waals surface area contributed by atoms with Crippen LogP contribution in [0.4, 0.5) is 5.82 Å². The van der Waals surface area contributed by atoms with Crippen LogP contribution in [-0.2, 0) is 17.1 Å². The molecule has 3 aromatic rings. The lowest BCUT2D eigenvalue weighted by Gasteiger charge is -2.26. The maximum atomic E-state index is 13.2. The molecule has 0 atom stereocenters. The first-order valence-electron chi connectivity index (χ1n) is 10.1. The lowest BCUT2D eigenvalue weighted by Crippen LogP contribution is -2.47. The predicted octanol–water partition coefficient (Wildman–Crippen LogP) is 0.956. The zero-order valence-electron chi connectivity index (χ0n) is 17.4. The van der Waals surface area contributed by atoms with E-state index >= 15 is 0 Å². The number of aryl methyl sites for hydroxylation is 2. The molecular weight excluding hydrogens is 416 g/mol. The molecule has 0 radical (unpaired) electrons. The number of aromatic nitrogens is 5. The van der Waals surface area contributed by atoms with Crippen LogP contribution in [0.5, 0.6) is 0 Å². The summed E-state index contributed by atoms with van der Waals surface area (Å²) in [6, 6.07) is 5.06. The van der Waals surface area contributed by atoms with E-state index in [2.05, 4.69) is 29.7 Å². The first-order chi connectivity index (χ1) is 14.7. The van der Waals surface area contributed by atoms with E-state index in [0.29, 0.717) is 22.8 Å². The minimum absolute atomic E-state index is 0.212. The van der Waals surface area contributed by atoms with E-state index in [1.165, 1.54) is 0 Å². The summed E-state index contributed by atoms with van der Waals surface area (Å²) >= 11 is 0. The minimum atomic E-state index is -3.68. The highest BCUT2D eigenvalue weighted by molar-refractivity contribution is 7.89. The van der Waals surface area contributed by atoms with Crippen molar-refractivity contribution in [3.05, 3.63) is 36.3 Å². The fraction of sp³-hybridized carbons (Fsp3) is 0.400. The van der Waals surface area contributed by atoms with Gasteiger partial charge in [-0.05, 0) is 37.5 Å². The summed E-state index contributed by atoms with van der Waals surface area (Å²) < 4.78 is 30.9. The highest BCUT2D eigenvalue weighted by Crippen LogP contribution is 2.34. The summed E-state index contributed by atoms with van der Waals surface area (Å²) in [5.74, 6) is 0.577. The summed E-state index contributed by atoms with van der Waals surface area (Å²) in [5, 5.41) is 4.25. The number of anilines is 1. The molecule has 2 aliphatic heterocycles. The number of nitrogen functional groups attached to an aromatic ring is 1. The third kappa shape index (κ3) is 3.58. The van der Waals surface area contributed by atoms with Crippen LogP contribution in [0.15, 0.2) is 35.6 Å². The summed E-state index contributed by atoms with van der Waals surface area (Å²) in [6.45, 7) is 4.55. The van der Waals surface area contributed by atoms with Crippen LogP contribution in [0.2, 0.25) is 0 Å². The Hall–Kier alpha value is -2.89. The molecule has 2 bridgehead atoms. The SMILES string of the molecule is Cc1ccc(S(=O)(=O)NC23CCN(CC2)C3)cc1-c1cnc(N)c(-c2ncn(C)n2)n1. The Labute approximate surface area is 180 Å². The van der Waals surface area contributed by atoms with Gasteiger partial charge in [-0.15, -0.1) is 5.10 Å². The monoisotopic (exact) mass is 440 g/mol. The van der Waals surface area contributed by atoms with E-state index in [9.17, 15) is 8.42 Å². The average molecular weight is 441 g/mol. The minimum Gasteiger partial charge on any atom is -0.382 e. The van der Waals surface area contributed by atoms with Crippen LogP contribution >= 0.6 is 0 Å². The number of rotatable bonds is 5. The largest absolute Gasteiger partial charge is 0.382 e. The lowest BCUT2D eigenvalue weighted by molar-refractivity contribution is 0.359. The number of nitrogens with zero attached hydrogens (tertiary/aromatic N) is 6. The van der Waals surface area contributed by atoms with Crippen molar-refractivity contribution >= 4 is 15.8 Å². The second-order valence-electron chi connectivity index (χ2n) is 8.37. The molecule has 2 fully saturated rings. The van der Waals surface area contributed by atoms with E-state index < -0.39 is 10.0 Å². The zero-order valence-corrected chi connectivity index (χ0v) is 18.2. The van der Waals surface area contributed by atoms with Gasteiger partial charge < -0.3 is 10.6 Å². The Morgan fingerprint density at radius 3 is 2.61 bits per heavy atom. The molecule has 4 heterocycles. The van der Waals surface area contributed by atoms with Crippen LogP contribution in [0.1, 0.15) is 18.4 Å². The third-order valence-electron chi connectivity index (χ3n) is 6.10. The van der Waals surface area contributed by atoms with Crippen molar-refractivity contribution in [1.29, 1.82) is 0 Å². The number of fused-ring (bicyclic) bond motifs is 2. The van der Waals surface area contributed by atoms with Crippen LogP contribution in [0, 0.1) is 6.92 Å². The number of sulfonamides is 1. The smallest absolute Gasteiger partial charge is 0.241 e. The molecule has 2 aliphatic rings. The quantitative estimate of drug-likeness (QED) is 0.599. The predicted molar refractivity (Wildman–Crippen MR) is 115 cm³/mol. The highest BCUT2D eigenvalue weighted by Gasteiger charge is 2.46. The highest BCUT2D eigenvalue weighted by atomic mass is 32.2. The fourth-order valence-electron chi connectivity index (χ4n) is 4.39. The summed E-state index contributed by atoms with van der Waals surface area (Å²) in [6.07, 6.45) is 4.78. The molecule has 31 heavy (non-hydrogen) atoms. The normalized spacial score (nSPS) is 22.8. The molecule has 1 aromatic carbocycles. The Balaban J connectivity index is 1.52. The van der Waals surface area contributed by atoms with Gasteiger partial charge in [-0.2, -0.15) is 0 Å². The average Bonchev–Trinajstić information content (AvgIpc) is 3.44. The molecule has 0 amide bonds. The summed E-state index contributed by atoms with van der Waals surface area (Å²) in [7, 11) is -1.93. The van der Waals surface area contributed by atoms with Gasteiger partial charge in [0.15, 0.2) is 11.5 Å². The van der Waals surface area contributed by atoms with E-state index in [-0.39, 0.29) is 16.3 Å². The first-order valence-corrected chi connectivity index (χ1v) is 11.6. The van der Waals surface area contributed by atoms with Crippen LogP contribution in [0.25, 0.3) is 22.8 Å². The van der Waals surface area contributed by atoms with Gasteiger partial charge in [0.05, 0.1) is 16.8 Å². The van der Waals surface area contributed by atoms with Crippen molar-refractivity contribution in [3.63, 3.8) is 0 Å². The molecule has 0 aliphatic carbocycles. The van der Waals surface area contributed by atoms with Crippen molar-refractivity contribution in [3.8, 4) is 22.8 Å². The second kappa shape index (κ2) is 7.08. The number of nitrogens with two attached hydrogens (primary N) is 1. The van der Waals surface area contributed by atoms with Gasteiger partial charge in [0, 0.05) is 37.8 Å². The summed E-state index contributed by atoms with van der Waals surface area (Å²) in [5.41, 5.74) is 8.06. The van der Waals surface area contributed by atoms with Gasteiger partial charge >= 0.3 is 0 Å². The van der Waals surface area contributed by atoms with Crippen molar-refractivity contribution in [2.24, 2.45) is 7.05 Å². The second-order valence-corrected chi connectivity index (χ2v) is 10.1. The fourth-order valence-corrected chi connectivity index (χ4v) is 5.87. The van der Waals surface area contributed by atoms with Gasteiger partial charge in [-0.25, -0.2) is 28.1 Å². The van der Waals surface area contributed by atoms with Crippen molar-refractivity contribution in [2.75, 3.05) is 25.4 Å². The molecule has 2 saturated heterocycles. The topological polar surface area (TPSA) is 132 Å². The van der Waals surface area contributed by atoms with Gasteiger partial charge in [0.2, 0.25) is 15.8 Å². The van der Waals surface area contributed by atoms with E-state index in [1.807, 2.05) is 6.92 Å². The van der Waals surface area contributed by atoms with Gasteiger partial charge in [0.1, 0.15) is 6.33 Å². The molecule has 10 nitrogen and oxygen atoms in total. The Kier molecular flexibility index (Phi) is 4.57. The van der Waals surface area contributed by atoms with E-state index in [0.717, 1.165) is 38.0 Å². The molecule has 0 spiro atoms. The molecule has 11 heteroatoms. The van der Waals surface area contributed by atoms with Crippen LogP contribution in [-0.4, -0.2) is 63.2 Å².